The van der Waals surface area contributed by atoms with Gasteiger partial charge >= 0.3 is 0 Å². The van der Waals surface area contributed by atoms with Crippen LogP contribution in [0.1, 0.15) is 5.56 Å². The van der Waals surface area contributed by atoms with Gasteiger partial charge in [0.05, 0.1) is 16.5 Å². The number of H-pyrrole nitrogens is 1. The number of ether oxygens (including phenoxy) is 1. The maximum atomic E-state index is 11.8. The number of aromatic amines is 1. The first-order valence-electron chi connectivity index (χ1n) is 5.28. The van der Waals surface area contributed by atoms with Crippen LogP contribution in [-0.4, -0.2) is 11.2 Å². The minimum absolute atomic E-state index is 0.196. The monoisotopic (exact) mass is 292 g/mol. The molecule has 0 fully saturated rings. The number of nitrogens with zero attached hydrogens (tertiary/aromatic N) is 1. The molecule has 0 saturated carbocycles. The van der Waals surface area contributed by atoms with Crippen molar-refractivity contribution >= 4 is 23.4 Å². The number of nitriles is 1. The highest BCUT2D eigenvalue weighted by Gasteiger charge is 2.10. The normalized spacial score (nSPS) is 9.95. The lowest BCUT2D eigenvalue weighted by Gasteiger charge is -2.08. The van der Waals surface area contributed by atoms with Gasteiger partial charge in [0.25, 0.3) is 5.56 Å². The third-order valence-electron chi connectivity index (χ3n) is 2.32. The van der Waals surface area contributed by atoms with E-state index in [4.69, 9.17) is 21.6 Å². The SMILES string of the molecule is CSc1cc[nH]c(=O)c1Oc1cc(Cl)cc(C#N)c1. The molecular weight excluding hydrogens is 284 g/mol. The molecule has 2 rings (SSSR count). The first-order valence-corrected chi connectivity index (χ1v) is 6.88. The molecule has 0 amide bonds. The van der Waals surface area contributed by atoms with E-state index < -0.39 is 0 Å². The highest BCUT2D eigenvalue weighted by Crippen LogP contribution is 2.29. The highest BCUT2D eigenvalue weighted by molar-refractivity contribution is 7.98. The Morgan fingerprint density at radius 2 is 2.21 bits per heavy atom. The zero-order chi connectivity index (χ0) is 13.8. The number of benzene rings is 1. The van der Waals surface area contributed by atoms with Gasteiger partial charge in [0.15, 0.2) is 0 Å². The van der Waals surface area contributed by atoms with Gasteiger partial charge in [-0.25, -0.2) is 0 Å². The van der Waals surface area contributed by atoms with Crippen molar-refractivity contribution in [1.29, 1.82) is 5.26 Å². The predicted octanol–water partition coefficient (Wildman–Crippen LogP) is 3.41. The zero-order valence-electron chi connectivity index (χ0n) is 9.94. The molecule has 1 heterocycles. The molecule has 0 aliphatic rings. The van der Waals surface area contributed by atoms with Crippen LogP contribution in [0, 0.1) is 11.3 Å². The van der Waals surface area contributed by atoms with Gasteiger partial charge in [0, 0.05) is 11.2 Å². The minimum Gasteiger partial charge on any atom is -0.450 e. The maximum absolute atomic E-state index is 11.8. The van der Waals surface area contributed by atoms with Crippen molar-refractivity contribution in [3.63, 3.8) is 0 Å². The van der Waals surface area contributed by atoms with Crippen molar-refractivity contribution in [2.24, 2.45) is 0 Å². The van der Waals surface area contributed by atoms with Crippen LogP contribution in [0.5, 0.6) is 11.5 Å². The fourth-order valence-corrected chi connectivity index (χ4v) is 2.26. The first-order chi connectivity index (χ1) is 9.13. The summed E-state index contributed by atoms with van der Waals surface area (Å²) < 4.78 is 5.55. The number of rotatable bonds is 3. The van der Waals surface area contributed by atoms with Crippen molar-refractivity contribution in [1.82, 2.24) is 4.98 Å². The third-order valence-corrected chi connectivity index (χ3v) is 3.30. The molecule has 0 radical (unpaired) electrons. The van der Waals surface area contributed by atoms with Gasteiger partial charge < -0.3 is 9.72 Å². The number of pyridine rings is 1. The van der Waals surface area contributed by atoms with E-state index in [1.807, 2.05) is 12.3 Å². The molecule has 1 aromatic carbocycles. The summed E-state index contributed by atoms with van der Waals surface area (Å²) >= 11 is 7.29. The topological polar surface area (TPSA) is 65.9 Å². The van der Waals surface area contributed by atoms with Crippen molar-refractivity contribution < 1.29 is 4.74 Å². The van der Waals surface area contributed by atoms with E-state index in [-0.39, 0.29) is 11.3 Å². The Balaban J connectivity index is 2.45. The summed E-state index contributed by atoms with van der Waals surface area (Å²) in [5, 5.41) is 9.25. The van der Waals surface area contributed by atoms with E-state index >= 15 is 0 Å². The van der Waals surface area contributed by atoms with E-state index in [0.29, 0.717) is 21.2 Å². The Labute approximate surface area is 119 Å². The first kappa shape index (κ1) is 13.5. The lowest BCUT2D eigenvalue weighted by molar-refractivity contribution is 0.462. The number of hydrogen-bond donors (Lipinski definition) is 1. The van der Waals surface area contributed by atoms with Crippen LogP contribution in [0.25, 0.3) is 0 Å². The second-order valence-corrected chi connectivity index (χ2v) is 4.88. The zero-order valence-corrected chi connectivity index (χ0v) is 11.5. The van der Waals surface area contributed by atoms with Gasteiger partial charge in [-0.05, 0) is 30.5 Å². The molecule has 0 spiro atoms. The Hall–Kier alpha value is -1.90. The summed E-state index contributed by atoms with van der Waals surface area (Å²) in [6, 6.07) is 8.34. The molecule has 0 atom stereocenters. The molecule has 1 N–H and O–H groups in total. The Morgan fingerprint density at radius 1 is 1.42 bits per heavy atom. The summed E-state index contributed by atoms with van der Waals surface area (Å²) in [5.74, 6) is 0.553. The van der Waals surface area contributed by atoms with Gasteiger partial charge in [0.1, 0.15) is 5.75 Å². The maximum Gasteiger partial charge on any atom is 0.292 e. The number of thioether (sulfide) groups is 1. The predicted molar refractivity (Wildman–Crippen MR) is 75.1 cm³/mol. The standard InChI is InChI=1S/C13H9ClN2O2S/c1-19-11-2-3-16-13(17)12(11)18-10-5-8(7-15)4-9(14)6-10/h2-6H,1H3,(H,16,17). The van der Waals surface area contributed by atoms with Crippen LogP contribution in [0.4, 0.5) is 0 Å². The number of halogens is 1. The van der Waals surface area contributed by atoms with Crippen molar-refractivity contribution in [2.45, 2.75) is 4.90 Å². The van der Waals surface area contributed by atoms with Crippen molar-refractivity contribution in [2.75, 3.05) is 6.26 Å². The van der Waals surface area contributed by atoms with E-state index in [1.54, 1.807) is 18.3 Å². The minimum atomic E-state index is -0.328. The molecule has 0 aliphatic carbocycles. The molecule has 0 saturated heterocycles. The third kappa shape index (κ3) is 3.11. The van der Waals surface area contributed by atoms with Crippen LogP contribution in [0.3, 0.4) is 0 Å². The largest absolute Gasteiger partial charge is 0.450 e. The van der Waals surface area contributed by atoms with E-state index in [0.717, 1.165) is 0 Å². The van der Waals surface area contributed by atoms with Gasteiger partial charge in [-0.15, -0.1) is 11.8 Å². The van der Waals surface area contributed by atoms with Crippen LogP contribution in [0.2, 0.25) is 5.02 Å². The van der Waals surface area contributed by atoms with Crippen LogP contribution >= 0.6 is 23.4 Å². The Morgan fingerprint density at radius 3 is 2.89 bits per heavy atom. The molecule has 19 heavy (non-hydrogen) atoms. The molecular formula is C13H9ClN2O2S. The second-order valence-electron chi connectivity index (χ2n) is 3.59. The summed E-state index contributed by atoms with van der Waals surface area (Å²) in [4.78, 5) is 15.0. The lowest BCUT2D eigenvalue weighted by atomic mass is 10.2. The smallest absolute Gasteiger partial charge is 0.292 e. The summed E-state index contributed by atoms with van der Waals surface area (Å²) in [5.41, 5.74) is 0.0471. The van der Waals surface area contributed by atoms with Crippen LogP contribution in [0.15, 0.2) is 40.2 Å². The highest BCUT2D eigenvalue weighted by atomic mass is 35.5. The number of aromatic nitrogens is 1. The molecule has 0 aliphatic heterocycles. The van der Waals surface area contributed by atoms with Gasteiger partial charge in [0.2, 0.25) is 5.75 Å². The van der Waals surface area contributed by atoms with Gasteiger partial charge in [-0.2, -0.15) is 5.26 Å². The number of hydrogen-bond acceptors (Lipinski definition) is 4. The molecule has 4 nitrogen and oxygen atoms in total. The fraction of sp³-hybridized carbons (Fsp3) is 0.0769. The second kappa shape index (κ2) is 5.83. The average Bonchev–Trinajstić information content (AvgIpc) is 2.40. The molecule has 2 aromatic rings. The quantitative estimate of drug-likeness (QED) is 0.880. The van der Waals surface area contributed by atoms with Crippen LogP contribution in [-0.2, 0) is 0 Å². The Bertz CT molecular complexity index is 707. The van der Waals surface area contributed by atoms with Crippen LogP contribution < -0.4 is 10.3 Å². The van der Waals surface area contributed by atoms with Gasteiger partial charge in [-0.1, -0.05) is 11.6 Å². The lowest BCUT2D eigenvalue weighted by Crippen LogP contribution is -2.08. The fourth-order valence-electron chi connectivity index (χ4n) is 1.51. The van der Waals surface area contributed by atoms with Crippen molar-refractivity contribution in [3.8, 4) is 17.6 Å². The van der Waals surface area contributed by atoms with E-state index in [9.17, 15) is 4.79 Å². The summed E-state index contributed by atoms with van der Waals surface area (Å²) in [6.45, 7) is 0. The molecule has 0 bridgehead atoms. The van der Waals surface area contributed by atoms with E-state index in [1.165, 1.54) is 23.9 Å². The molecule has 6 heteroatoms. The molecule has 0 unspecified atom stereocenters. The molecule has 1 aromatic heterocycles. The number of nitrogens with one attached hydrogen (secondary N) is 1. The van der Waals surface area contributed by atoms with Gasteiger partial charge in [-0.3, -0.25) is 4.79 Å². The summed E-state index contributed by atoms with van der Waals surface area (Å²) in [7, 11) is 0. The Kier molecular flexibility index (Phi) is 4.15. The van der Waals surface area contributed by atoms with Crippen molar-refractivity contribution in [3.05, 3.63) is 51.4 Å². The average molecular weight is 293 g/mol. The van der Waals surface area contributed by atoms with E-state index in [2.05, 4.69) is 4.98 Å². The summed E-state index contributed by atoms with van der Waals surface area (Å²) in [6.07, 6.45) is 3.40. The molecule has 96 valence electrons.